The number of urea groups is 1. The highest BCUT2D eigenvalue weighted by molar-refractivity contribution is 6.01. The summed E-state index contributed by atoms with van der Waals surface area (Å²) in [6.45, 7) is 7.64. The van der Waals surface area contributed by atoms with Crippen LogP contribution in [0.4, 0.5) is 4.79 Å². The fourth-order valence-corrected chi connectivity index (χ4v) is 5.05. The van der Waals surface area contributed by atoms with Crippen molar-refractivity contribution >= 4 is 11.9 Å². The first kappa shape index (κ1) is 31.0. The maximum absolute atomic E-state index is 11.8. The van der Waals surface area contributed by atoms with Gasteiger partial charge in [0.05, 0.1) is 25.8 Å². The van der Waals surface area contributed by atoms with Crippen molar-refractivity contribution in [3.05, 3.63) is 64.7 Å². The van der Waals surface area contributed by atoms with Crippen LogP contribution in [0.2, 0.25) is 0 Å². The summed E-state index contributed by atoms with van der Waals surface area (Å²) >= 11 is 0. The molecular formula is C32H45N3O6. The first-order chi connectivity index (χ1) is 19.8. The lowest BCUT2D eigenvalue weighted by Crippen LogP contribution is -2.35. The van der Waals surface area contributed by atoms with E-state index in [1.807, 2.05) is 44.2 Å². The van der Waals surface area contributed by atoms with Crippen LogP contribution in [0.25, 0.3) is 0 Å². The van der Waals surface area contributed by atoms with E-state index in [2.05, 4.69) is 22.8 Å². The van der Waals surface area contributed by atoms with Gasteiger partial charge in [-0.1, -0.05) is 43.2 Å². The molecule has 2 aromatic rings. The Labute approximate surface area is 243 Å². The van der Waals surface area contributed by atoms with Gasteiger partial charge in [-0.25, -0.2) is 4.79 Å². The van der Waals surface area contributed by atoms with Crippen molar-refractivity contribution in [2.45, 2.75) is 83.8 Å². The minimum atomic E-state index is -0.614. The number of aliphatic hydroxyl groups excluding tert-OH is 1. The highest BCUT2D eigenvalue weighted by Gasteiger charge is 2.29. The van der Waals surface area contributed by atoms with Crippen LogP contribution in [-0.4, -0.2) is 60.6 Å². The summed E-state index contributed by atoms with van der Waals surface area (Å²) in [7, 11) is 0. The lowest BCUT2D eigenvalue weighted by atomic mass is 10.0. The second kappa shape index (κ2) is 15.3. The van der Waals surface area contributed by atoms with Gasteiger partial charge in [0, 0.05) is 39.2 Å². The monoisotopic (exact) mass is 567 g/mol. The molecule has 1 fully saturated rings. The van der Waals surface area contributed by atoms with E-state index in [-0.39, 0.29) is 18.5 Å². The van der Waals surface area contributed by atoms with Crippen molar-refractivity contribution < 1.29 is 28.9 Å². The number of hydrogen-bond donors (Lipinski definition) is 3. The van der Waals surface area contributed by atoms with E-state index < -0.39 is 11.9 Å². The smallest absolute Gasteiger partial charge is 0.324 e. The number of imide groups is 1. The van der Waals surface area contributed by atoms with E-state index in [9.17, 15) is 14.7 Å². The van der Waals surface area contributed by atoms with Crippen molar-refractivity contribution in [3.8, 4) is 5.75 Å². The summed E-state index contributed by atoms with van der Waals surface area (Å²) in [5, 5.41) is 16.5. The normalized spacial score (nSPS) is 16.8. The van der Waals surface area contributed by atoms with Crippen LogP contribution in [0.3, 0.4) is 0 Å². The number of fused-ring (bicyclic) bond motifs is 1. The van der Waals surface area contributed by atoms with Gasteiger partial charge in [0.1, 0.15) is 5.75 Å². The molecule has 0 aromatic heterocycles. The number of carbonyl (C=O) groups excluding carboxylic acids is 2. The Morgan fingerprint density at radius 1 is 1.02 bits per heavy atom. The fraction of sp³-hybridized carbons (Fsp3) is 0.562. The predicted molar refractivity (Wildman–Crippen MR) is 156 cm³/mol. The molecule has 0 bridgehead atoms. The van der Waals surface area contributed by atoms with E-state index in [0.29, 0.717) is 19.7 Å². The van der Waals surface area contributed by atoms with Crippen molar-refractivity contribution in [1.29, 1.82) is 0 Å². The number of aryl methyl sites for hydroxylation is 1. The van der Waals surface area contributed by atoms with Crippen LogP contribution in [-0.2, 0) is 33.8 Å². The maximum atomic E-state index is 11.8. The van der Waals surface area contributed by atoms with Crippen LogP contribution in [0.5, 0.6) is 5.75 Å². The number of benzene rings is 2. The summed E-state index contributed by atoms with van der Waals surface area (Å²) in [6, 6.07) is 13.6. The molecule has 0 unspecified atom stereocenters. The van der Waals surface area contributed by atoms with E-state index >= 15 is 0 Å². The molecule has 0 spiro atoms. The molecule has 2 aliphatic heterocycles. The SMILES string of the molecule is CC1(C)OCc2cc([C@H](O)CNCCCCCCOCCCCc3cccc(CN4C(=O)CNC4=O)c3)ccc2O1. The lowest BCUT2D eigenvalue weighted by molar-refractivity contribution is -0.180. The average molecular weight is 568 g/mol. The molecular weight excluding hydrogens is 522 g/mol. The number of carbonyl (C=O) groups is 2. The summed E-state index contributed by atoms with van der Waals surface area (Å²) in [5.41, 5.74) is 4.03. The molecule has 0 radical (unpaired) electrons. The number of rotatable bonds is 17. The zero-order valence-electron chi connectivity index (χ0n) is 24.5. The van der Waals surface area contributed by atoms with Crippen LogP contribution in [0, 0.1) is 0 Å². The third kappa shape index (κ3) is 9.81. The van der Waals surface area contributed by atoms with E-state index in [1.54, 1.807) is 0 Å². The number of nitrogens with one attached hydrogen (secondary N) is 2. The predicted octanol–water partition coefficient (Wildman–Crippen LogP) is 4.61. The number of nitrogens with zero attached hydrogens (tertiary/aromatic N) is 1. The molecule has 3 amide bonds. The third-order valence-electron chi connectivity index (χ3n) is 7.40. The van der Waals surface area contributed by atoms with Crippen LogP contribution >= 0.6 is 0 Å². The molecule has 2 aliphatic rings. The Morgan fingerprint density at radius 3 is 2.61 bits per heavy atom. The average Bonchev–Trinajstić information content (AvgIpc) is 3.27. The van der Waals surface area contributed by atoms with Crippen molar-refractivity contribution in [2.75, 3.05) is 32.8 Å². The summed E-state index contributed by atoms with van der Waals surface area (Å²) in [5.74, 6) is 0.0296. The molecule has 2 aromatic carbocycles. The van der Waals surface area contributed by atoms with E-state index in [1.165, 1.54) is 10.5 Å². The second-order valence-corrected chi connectivity index (χ2v) is 11.3. The highest BCUT2D eigenvalue weighted by atomic mass is 16.7. The Morgan fingerprint density at radius 2 is 1.80 bits per heavy atom. The topological polar surface area (TPSA) is 109 Å². The van der Waals surface area contributed by atoms with Gasteiger partial charge in [-0.05, 0) is 67.5 Å². The van der Waals surface area contributed by atoms with Gasteiger partial charge < -0.3 is 30.0 Å². The van der Waals surface area contributed by atoms with Gasteiger partial charge in [0.25, 0.3) is 0 Å². The second-order valence-electron chi connectivity index (χ2n) is 11.3. The van der Waals surface area contributed by atoms with Gasteiger partial charge in [0.2, 0.25) is 11.7 Å². The Hall–Kier alpha value is -2.98. The molecule has 1 atom stereocenters. The first-order valence-corrected chi connectivity index (χ1v) is 14.9. The number of unbranched alkanes of at least 4 members (excludes halogenated alkanes) is 4. The van der Waals surface area contributed by atoms with Crippen molar-refractivity contribution in [1.82, 2.24) is 15.5 Å². The fourth-order valence-electron chi connectivity index (χ4n) is 5.05. The van der Waals surface area contributed by atoms with Gasteiger partial charge in [0.15, 0.2) is 0 Å². The van der Waals surface area contributed by atoms with Gasteiger partial charge in [-0.3, -0.25) is 9.69 Å². The first-order valence-electron chi connectivity index (χ1n) is 14.9. The molecule has 0 saturated carbocycles. The molecule has 9 nitrogen and oxygen atoms in total. The zero-order valence-corrected chi connectivity index (χ0v) is 24.5. The van der Waals surface area contributed by atoms with E-state index in [0.717, 1.165) is 87.1 Å². The molecule has 0 aliphatic carbocycles. The number of aliphatic hydroxyl groups is 1. The Balaban J connectivity index is 0.973. The summed E-state index contributed by atoms with van der Waals surface area (Å²) in [4.78, 5) is 24.8. The zero-order chi connectivity index (χ0) is 29.1. The van der Waals surface area contributed by atoms with Crippen LogP contribution < -0.4 is 15.4 Å². The summed E-state index contributed by atoms with van der Waals surface area (Å²) < 4.78 is 17.3. The minimum Gasteiger partial charge on any atom is -0.463 e. The van der Waals surface area contributed by atoms with Gasteiger partial charge in [-0.2, -0.15) is 0 Å². The van der Waals surface area contributed by atoms with Gasteiger partial charge >= 0.3 is 6.03 Å². The van der Waals surface area contributed by atoms with Crippen molar-refractivity contribution in [2.24, 2.45) is 0 Å². The molecule has 224 valence electrons. The Bertz CT molecular complexity index is 1140. The maximum Gasteiger partial charge on any atom is 0.324 e. The standard InChI is InChI=1S/C32H45N3O6/c1-32(2)40-23-27-19-26(13-14-29(27)41-32)28(36)20-33-15-6-3-4-7-16-39-17-8-5-10-24-11-9-12-25(18-24)22-35-30(37)21-34-31(35)38/h9,11-14,18-19,28,33,36H,3-8,10,15-17,20-23H2,1-2H3,(H,34,38)/t28-/m1/s1. The Kier molecular flexibility index (Phi) is 11.6. The van der Waals surface area contributed by atoms with Crippen LogP contribution in [0.15, 0.2) is 42.5 Å². The molecule has 41 heavy (non-hydrogen) atoms. The molecule has 2 heterocycles. The molecule has 4 rings (SSSR count). The third-order valence-corrected chi connectivity index (χ3v) is 7.40. The lowest BCUT2D eigenvalue weighted by Gasteiger charge is -2.33. The molecule has 1 saturated heterocycles. The minimum absolute atomic E-state index is 0.0874. The molecule has 9 heteroatoms. The number of hydrogen-bond acceptors (Lipinski definition) is 7. The van der Waals surface area contributed by atoms with Gasteiger partial charge in [-0.15, -0.1) is 0 Å². The van der Waals surface area contributed by atoms with E-state index in [4.69, 9.17) is 14.2 Å². The summed E-state index contributed by atoms with van der Waals surface area (Å²) in [6.07, 6.45) is 6.84. The number of ether oxygens (including phenoxy) is 3. The largest absolute Gasteiger partial charge is 0.463 e. The van der Waals surface area contributed by atoms with Crippen LogP contribution in [0.1, 0.15) is 80.7 Å². The van der Waals surface area contributed by atoms with Crippen molar-refractivity contribution in [3.63, 3.8) is 0 Å². The quantitative estimate of drug-likeness (QED) is 0.189. The number of amides is 3. The highest BCUT2D eigenvalue weighted by Crippen LogP contribution is 2.32. The molecule has 3 N–H and O–H groups in total.